The number of esters is 2. The van der Waals surface area contributed by atoms with E-state index in [0.717, 1.165) is 69.8 Å². The minimum atomic E-state index is -0.432. The van der Waals surface area contributed by atoms with Gasteiger partial charge in [0.15, 0.2) is 0 Å². The number of rotatable bonds is 6. The van der Waals surface area contributed by atoms with Crippen molar-refractivity contribution in [3.05, 3.63) is 12.2 Å². The predicted molar refractivity (Wildman–Crippen MR) is 154 cm³/mol. The molecule has 1 unspecified atom stereocenters. The van der Waals surface area contributed by atoms with Gasteiger partial charge in [-0.25, -0.2) is 0 Å². The third kappa shape index (κ3) is 4.08. The minimum Gasteiger partial charge on any atom is -0.465 e. The van der Waals surface area contributed by atoms with E-state index in [-0.39, 0.29) is 58.8 Å². The summed E-state index contributed by atoms with van der Waals surface area (Å²) in [5.41, 5.74) is 0.844. The molecule has 0 aromatic rings. The quantitative estimate of drug-likeness (QED) is 0.303. The topological polar surface area (TPSA) is 93.1 Å². The van der Waals surface area contributed by atoms with Gasteiger partial charge in [-0.15, -0.1) is 0 Å². The zero-order chi connectivity index (χ0) is 29.3. The lowest BCUT2D eigenvalue weighted by atomic mass is 9.32. The Morgan fingerprint density at radius 1 is 0.825 bits per heavy atom. The summed E-state index contributed by atoms with van der Waals surface area (Å²) in [6, 6.07) is 0. The van der Waals surface area contributed by atoms with Crippen molar-refractivity contribution in [2.45, 2.75) is 112 Å². The maximum absolute atomic E-state index is 12.0. The molecule has 0 radical (unpaired) electrons. The van der Waals surface area contributed by atoms with E-state index >= 15 is 0 Å². The molecular weight excluding hydrogens is 504 g/mol. The molecule has 5 aliphatic rings. The van der Waals surface area contributed by atoms with Crippen LogP contribution in [0.1, 0.15) is 106 Å². The lowest BCUT2D eigenvalue weighted by Gasteiger charge is -2.73. The van der Waals surface area contributed by atoms with Gasteiger partial charge in [-0.3, -0.25) is 9.59 Å². The van der Waals surface area contributed by atoms with Gasteiger partial charge >= 0.3 is 11.9 Å². The van der Waals surface area contributed by atoms with Crippen LogP contribution in [0.4, 0.5) is 0 Å². The summed E-state index contributed by atoms with van der Waals surface area (Å²) in [5, 5.41) is 20.9. The van der Waals surface area contributed by atoms with Crippen LogP contribution in [0, 0.1) is 56.7 Å². The summed E-state index contributed by atoms with van der Waals surface area (Å²) in [7, 11) is 0. The van der Waals surface area contributed by atoms with Crippen molar-refractivity contribution >= 4 is 11.9 Å². The van der Waals surface area contributed by atoms with Gasteiger partial charge in [0.1, 0.15) is 6.10 Å². The molecular formula is C34H54O6. The highest BCUT2D eigenvalue weighted by atomic mass is 16.5. The van der Waals surface area contributed by atoms with Crippen molar-refractivity contribution in [1.82, 2.24) is 0 Å². The van der Waals surface area contributed by atoms with Gasteiger partial charge < -0.3 is 19.7 Å². The van der Waals surface area contributed by atoms with E-state index in [1.54, 1.807) is 0 Å². The van der Waals surface area contributed by atoms with E-state index in [4.69, 9.17) is 9.47 Å². The van der Waals surface area contributed by atoms with Crippen LogP contribution in [-0.4, -0.2) is 48.1 Å². The van der Waals surface area contributed by atoms with Crippen molar-refractivity contribution in [2.75, 3.05) is 19.8 Å². The molecule has 0 aliphatic heterocycles. The molecule has 0 heterocycles. The molecule has 6 heteroatoms. The fraction of sp³-hybridized carbons (Fsp3) is 0.882. The van der Waals surface area contributed by atoms with Crippen LogP contribution in [0.15, 0.2) is 12.2 Å². The van der Waals surface area contributed by atoms with Gasteiger partial charge in [-0.05, 0) is 116 Å². The lowest BCUT2D eigenvalue weighted by molar-refractivity contribution is -0.258. The van der Waals surface area contributed by atoms with Crippen molar-refractivity contribution in [3.63, 3.8) is 0 Å². The number of hydrogen-bond acceptors (Lipinski definition) is 6. The highest BCUT2D eigenvalue weighted by molar-refractivity contribution is 5.66. The van der Waals surface area contributed by atoms with Gasteiger partial charge in [0.25, 0.3) is 0 Å². The molecule has 5 rings (SSSR count). The van der Waals surface area contributed by atoms with Gasteiger partial charge in [-0.1, -0.05) is 34.3 Å². The van der Waals surface area contributed by atoms with Gasteiger partial charge in [0.2, 0.25) is 0 Å². The van der Waals surface area contributed by atoms with Crippen LogP contribution in [0.3, 0.4) is 0 Å². The van der Waals surface area contributed by atoms with Crippen LogP contribution in [0.5, 0.6) is 0 Å². The molecule has 0 saturated heterocycles. The predicted octanol–water partition coefficient (Wildman–Crippen LogP) is 6.08. The number of fused-ring (bicyclic) bond motifs is 7. The molecule has 5 saturated carbocycles. The van der Waals surface area contributed by atoms with Crippen LogP contribution in [0.25, 0.3) is 0 Å². The number of ether oxygens (including phenoxy) is 2. The summed E-state index contributed by atoms with van der Waals surface area (Å²) in [6.07, 6.45) is 10.3. The third-order valence-electron chi connectivity index (χ3n) is 14.3. The first-order valence-electron chi connectivity index (χ1n) is 15.9. The highest BCUT2D eigenvalue weighted by Crippen LogP contribution is 2.77. The first-order valence-corrected chi connectivity index (χ1v) is 15.9. The minimum absolute atomic E-state index is 0.0249. The van der Waals surface area contributed by atoms with E-state index in [2.05, 4.69) is 34.3 Å². The Morgan fingerprint density at radius 2 is 1.55 bits per heavy atom. The van der Waals surface area contributed by atoms with Crippen molar-refractivity contribution < 1.29 is 29.3 Å². The summed E-state index contributed by atoms with van der Waals surface area (Å²) in [4.78, 5) is 23.9. The average molecular weight is 559 g/mol. The Labute approximate surface area is 241 Å². The van der Waals surface area contributed by atoms with E-state index in [0.29, 0.717) is 30.3 Å². The number of aliphatic hydroxyl groups is 2. The fourth-order valence-corrected chi connectivity index (χ4v) is 12.2. The zero-order valence-electron chi connectivity index (χ0n) is 25.9. The SMILES string of the molecule is C=C(CO)[C@@H]1CC[C@]2(COC(C)=O)CC[C@]3(C)[C@H](CC[C@@H]4[C@@]5(C)CCC(OC(C)=O)[C@@](C)(CO)[C@@H]5CC[C@]43C)[C@@H]12. The van der Waals surface area contributed by atoms with E-state index < -0.39 is 5.41 Å². The standard InChI is InChI=1S/C34H54O6/c1-21(18-35)24-10-15-34(20-39-22(2)37)17-16-32(6)25(29(24)34)8-9-27-30(4)13-12-28(40-23(3)38)31(5,19-36)26(30)11-14-33(27,32)7/h24-29,35-36H,1,8-20H2,2-7H3/t24-,25+,26+,27+,28?,29+,30-,31-,32+,33+,34+/m0/s1. The summed E-state index contributed by atoms with van der Waals surface area (Å²) < 4.78 is 11.6. The summed E-state index contributed by atoms with van der Waals surface area (Å²) in [5.74, 6) is 1.52. The first kappa shape index (κ1) is 30.1. The van der Waals surface area contributed by atoms with Crippen LogP contribution >= 0.6 is 0 Å². The van der Waals surface area contributed by atoms with Crippen molar-refractivity contribution in [2.24, 2.45) is 56.7 Å². The van der Waals surface area contributed by atoms with Crippen LogP contribution < -0.4 is 0 Å². The molecule has 5 aliphatic carbocycles. The Morgan fingerprint density at radius 3 is 2.17 bits per heavy atom. The number of carbonyl (C=O) groups excluding carboxylic acids is 2. The Balaban J connectivity index is 1.51. The number of hydrogen-bond donors (Lipinski definition) is 2. The van der Waals surface area contributed by atoms with E-state index in [9.17, 15) is 19.8 Å². The molecule has 5 fully saturated rings. The van der Waals surface area contributed by atoms with Crippen molar-refractivity contribution in [3.8, 4) is 0 Å². The second kappa shape index (κ2) is 10.1. The Hall–Kier alpha value is -1.40. The van der Waals surface area contributed by atoms with Gasteiger partial charge in [0, 0.05) is 24.7 Å². The molecule has 2 N–H and O–H groups in total. The van der Waals surface area contributed by atoms with Crippen molar-refractivity contribution in [1.29, 1.82) is 0 Å². The van der Waals surface area contributed by atoms with Crippen LogP contribution in [-0.2, 0) is 19.1 Å². The molecule has 0 amide bonds. The Kier molecular flexibility index (Phi) is 7.60. The van der Waals surface area contributed by atoms with Crippen LogP contribution in [0.2, 0.25) is 0 Å². The maximum Gasteiger partial charge on any atom is 0.302 e. The fourth-order valence-electron chi connectivity index (χ4n) is 12.2. The summed E-state index contributed by atoms with van der Waals surface area (Å²) >= 11 is 0. The molecule has 11 atom stereocenters. The molecule has 226 valence electrons. The van der Waals surface area contributed by atoms with E-state index in [1.807, 2.05) is 0 Å². The third-order valence-corrected chi connectivity index (χ3v) is 14.3. The molecule has 0 aromatic carbocycles. The number of carbonyl (C=O) groups is 2. The van der Waals surface area contributed by atoms with Gasteiger partial charge in [-0.2, -0.15) is 0 Å². The Bertz CT molecular complexity index is 1040. The monoisotopic (exact) mass is 558 g/mol. The smallest absolute Gasteiger partial charge is 0.302 e. The van der Waals surface area contributed by atoms with E-state index in [1.165, 1.54) is 13.8 Å². The molecule has 6 nitrogen and oxygen atoms in total. The van der Waals surface area contributed by atoms with Gasteiger partial charge in [0.05, 0.1) is 19.8 Å². The molecule has 0 spiro atoms. The maximum atomic E-state index is 12.0. The molecule has 0 aromatic heterocycles. The zero-order valence-corrected chi connectivity index (χ0v) is 25.9. The molecule has 0 bridgehead atoms. The average Bonchev–Trinajstić information content (AvgIpc) is 3.29. The summed E-state index contributed by atoms with van der Waals surface area (Å²) in [6.45, 7) is 17.7. The first-order chi connectivity index (χ1) is 18.7. The largest absolute Gasteiger partial charge is 0.465 e. The normalized spacial score (nSPS) is 49.6. The second-order valence-corrected chi connectivity index (χ2v) is 15.6. The lowest BCUT2D eigenvalue weighted by Crippen LogP contribution is -2.67. The number of aliphatic hydroxyl groups excluding tert-OH is 2. The highest BCUT2D eigenvalue weighted by Gasteiger charge is 2.71. The second-order valence-electron chi connectivity index (χ2n) is 15.6. The molecule has 40 heavy (non-hydrogen) atoms.